The molecule has 0 aliphatic heterocycles. The number of carbonyl (C=O) groups excluding carboxylic acids is 1. The number of hydrogen-bond acceptors (Lipinski definition) is 3. The van der Waals surface area contributed by atoms with E-state index in [1.807, 2.05) is 0 Å². The van der Waals surface area contributed by atoms with Gasteiger partial charge in [0.1, 0.15) is 5.82 Å². The number of aryl methyl sites for hydroxylation is 2. The lowest BCUT2D eigenvalue weighted by Crippen LogP contribution is -2.49. The summed E-state index contributed by atoms with van der Waals surface area (Å²) in [6.45, 7) is 4.77. The number of rotatable bonds is 4. The number of hydrogen-bond donors (Lipinski definition) is 2. The Labute approximate surface area is 132 Å². The number of carboxylic acid groups (broad SMARTS) is 1. The number of amides is 1. The van der Waals surface area contributed by atoms with Gasteiger partial charge in [-0.1, -0.05) is 12.1 Å². The smallest absolute Gasteiger partial charge is 0.333 e. The molecule has 0 saturated carbocycles. The van der Waals surface area contributed by atoms with E-state index in [-0.39, 0.29) is 5.56 Å². The van der Waals surface area contributed by atoms with E-state index in [1.165, 1.54) is 19.1 Å². The SMILES string of the molecule is Cc1nn(C)c(C)c1C(=O)NC(C)(C(=O)O)c1ccc(F)cc1. The molecule has 0 aliphatic rings. The van der Waals surface area contributed by atoms with E-state index in [0.29, 0.717) is 17.0 Å². The molecule has 1 aromatic carbocycles. The van der Waals surface area contributed by atoms with Crippen molar-refractivity contribution in [1.82, 2.24) is 15.1 Å². The van der Waals surface area contributed by atoms with E-state index in [4.69, 9.17) is 0 Å². The summed E-state index contributed by atoms with van der Waals surface area (Å²) in [7, 11) is 1.70. The van der Waals surface area contributed by atoms with E-state index in [2.05, 4.69) is 10.4 Å². The fourth-order valence-corrected chi connectivity index (χ4v) is 2.42. The first kappa shape index (κ1) is 16.7. The fraction of sp³-hybridized carbons (Fsp3) is 0.312. The third-order valence-corrected chi connectivity index (χ3v) is 3.95. The van der Waals surface area contributed by atoms with Gasteiger partial charge in [-0.15, -0.1) is 0 Å². The van der Waals surface area contributed by atoms with Crippen LogP contribution in [0, 0.1) is 19.7 Å². The van der Waals surface area contributed by atoms with E-state index in [9.17, 15) is 19.1 Å². The molecule has 23 heavy (non-hydrogen) atoms. The number of nitrogens with zero attached hydrogens (tertiary/aromatic N) is 2. The first-order valence-corrected chi connectivity index (χ1v) is 6.99. The van der Waals surface area contributed by atoms with Crippen molar-refractivity contribution in [2.24, 2.45) is 7.05 Å². The Hall–Kier alpha value is -2.70. The zero-order valence-electron chi connectivity index (χ0n) is 13.3. The molecule has 2 rings (SSSR count). The van der Waals surface area contributed by atoms with Crippen LogP contribution in [0.25, 0.3) is 0 Å². The normalized spacial score (nSPS) is 13.4. The van der Waals surface area contributed by atoms with Gasteiger partial charge in [-0.25, -0.2) is 9.18 Å². The third-order valence-electron chi connectivity index (χ3n) is 3.95. The van der Waals surface area contributed by atoms with Gasteiger partial charge in [0.2, 0.25) is 0 Å². The Kier molecular flexibility index (Phi) is 4.22. The van der Waals surface area contributed by atoms with Crippen LogP contribution in [0.5, 0.6) is 0 Å². The first-order chi connectivity index (χ1) is 10.7. The lowest BCUT2D eigenvalue weighted by atomic mass is 9.91. The van der Waals surface area contributed by atoms with Crippen molar-refractivity contribution in [1.29, 1.82) is 0 Å². The standard InChI is InChI=1S/C16H18FN3O3/c1-9-13(10(2)20(4)19-9)14(21)18-16(3,15(22)23)11-5-7-12(17)8-6-11/h5-8H,1-4H3,(H,18,21)(H,22,23). The van der Waals surface area contributed by atoms with Gasteiger partial charge in [0.25, 0.3) is 5.91 Å². The predicted molar refractivity (Wildman–Crippen MR) is 81.5 cm³/mol. The molecule has 0 fully saturated rings. The summed E-state index contributed by atoms with van der Waals surface area (Å²) in [6.07, 6.45) is 0. The third kappa shape index (κ3) is 2.94. The molecule has 2 aromatic rings. The van der Waals surface area contributed by atoms with Gasteiger partial charge in [0.15, 0.2) is 5.54 Å². The van der Waals surface area contributed by atoms with Gasteiger partial charge in [-0.05, 0) is 38.5 Å². The van der Waals surface area contributed by atoms with E-state index in [0.717, 1.165) is 12.1 Å². The van der Waals surface area contributed by atoms with Crippen molar-refractivity contribution >= 4 is 11.9 Å². The number of nitrogens with one attached hydrogen (secondary N) is 1. The molecule has 7 heteroatoms. The van der Waals surface area contributed by atoms with Crippen LogP contribution in [0.1, 0.15) is 34.2 Å². The summed E-state index contributed by atoms with van der Waals surface area (Å²) in [5.74, 6) is -2.26. The van der Waals surface area contributed by atoms with Crippen LogP contribution in [-0.2, 0) is 17.4 Å². The quantitative estimate of drug-likeness (QED) is 0.901. The molecule has 0 aliphatic carbocycles. The lowest BCUT2D eigenvalue weighted by Gasteiger charge is -2.27. The molecule has 1 atom stereocenters. The highest BCUT2D eigenvalue weighted by atomic mass is 19.1. The molecule has 1 heterocycles. The summed E-state index contributed by atoms with van der Waals surface area (Å²) < 4.78 is 14.6. The van der Waals surface area contributed by atoms with Crippen LogP contribution in [0.3, 0.4) is 0 Å². The average Bonchev–Trinajstić information content (AvgIpc) is 2.72. The molecule has 1 aromatic heterocycles. The van der Waals surface area contributed by atoms with Crippen molar-refractivity contribution < 1.29 is 19.1 Å². The van der Waals surface area contributed by atoms with Crippen LogP contribution < -0.4 is 5.32 Å². The summed E-state index contributed by atoms with van der Waals surface area (Å²) >= 11 is 0. The number of benzene rings is 1. The fourth-order valence-electron chi connectivity index (χ4n) is 2.42. The van der Waals surface area contributed by atoms with Crippen molar-refractivity contribution in [2.45, 2.75) is 26.3 Å². The zero-order chi connectivity index (χ0) is 17.4. The van der Waals surface area contributed by atoms with Crippen molar-refractivity contribution in [3.8, 4) is 0 Å². The van der Waals surface area contributed by atoms with Crippen LogP contribution >= 0.6 is 0 Å². The Morgan fingerprint density at radius 1 is 1.26 bits per heavy atom. The Morgan fingerprint density at radius 2 is 1.83 bits per heavy atom. The summed E-state index contributed by atoms with van der Waals surface area (Å²) in [6, 6.07) is 4.99. The number of carbonyl (C=O) groups is 2. The Morgan fingerprint density at radius 3 is 2.26 bits per heavy atom. The van der Waals surface area contributed by atoms with Gasteiger partial charge in [0, 0.05) is 12.7 Å². The van der Waals surface area contributed by atoms with Gasteiger partial charge in [-0.2, -0.15) is 5.10 Å². The Balaban J connectivity index is 2.41. The Bertz CT molecular complexity index is 768. The first-order valence-electron chi connectivity index (χ1n) is 6.99. The zero-order valence-corrected chi connectivity index (χ0v) is 13.3. The minimum atomic E-state index is -1.68. The number of halogens is 1. The molecule has 2 N–H and O–H groups in total. The lowest BCUT2D eigenvalue weighted by molar-refractivity contribution is -0.144. The van der Waals surface area contributed by atoms with Crippen LogP contribution in [-0.4, -0.2) is 26.8 Å². The summed E-state index contributed by atoms with van der Waals surface area (Å²) in [5, 5.41) is 16.2. The average molecular weight is 319 g/mol. The molecule has 0 spiro atoms. The maximum atomic E-state index is 13.1. The predicted octanol–water partition coefficient (Wildman–Crippen LogP) is 1.91. The highest BCUT2D eigenvalue weighted by Gasteiger charge is 2.38. The van der Waals surface area contributed by atoms with Gasteiger partial charge < -0.3 is 10.4 Å². The minimum Gasteiger partial charge on any atom is -0.479 e. The molecular formula is C16H18FN3O3. The molecule has 122 valence electrons. The summed E-state index contributed by atoms with van der Waals surface area (Å²) in [5.41, 5.74) is 0.0710. The number of aliphatic carboxylic acids is 1. The summed E-state index contributed by atoms with van der Waals surface area (Å²) in [4.78, 5) is 24.3. The number of carboxylic acids is 1. The van der Waals surface area contributed by atoms with Crippen LogP contribution in [0.15, 0.2) is 24.3 Å². The molecular weight excluding hydrogens is 301 g/mol. The van der Waals surface area contributed by atoms with E-state index >= 15 is 0 Å². The maximum absolute atomic E-state index is 13.1. The van der Waals surface area contributed by atoms with Gasteiger partial charge in [-0.3, -0.25) is 9.48 Å². The van der Waals surface area contributed by atoms with E-state index < -0.39 is 23.2 Å². The monoisotopic (exact) mass is 319 g/mol. The second-order valence-corrected chi connectivity index (χ2v) is 5.56. The highest BCUT2D eigenvalue weighted by Crippen LogP contribution is 2.23. The second kappa shape index (κ2) is 5.83. The molecule has 6 nitrogen and oxygen atoms in total. The highest BCUT2D eigenvalue weighted by molar-refractivity contribution is 5.99. The van der Waals surface area contributed by atoms with Gasteiger partial charge in [0.05, 0.1) is 11.3 Å². The van der Waals surface area contributed by atoms with Crippen molar-refractivity contribution in [3.05, 3.63) is 52.6 Å². The minimum absolute atomic E-state index is 0.277. The molecule has 1 amide bonds. The molecule has 0 saturated heterocycles. The maximum Gasteiger partial charge on any atom is 0.333 e. The topological polar surface area (TPSA) is 84.2 Å². The number of aromatic nitrogens is 2. The van der Waals surface area contributed by atoms with E-state index in [1.54, 1.807) is 25.6 Å². The van der Waals surface area contributed by atoms with Crippen molar-refractivity contribution in [2.75, 3.05) is 0 Å². The van der Waals surface area contributed by atoms with Crippen LogP contribution in [0.4, 0.5) is 4.39 Å². The molecule has 1 unspecified atom stereocenters. The van der Waals surface area contributed by atoms with Crippen molar-refractivity contribution in [3.63, 3.8) is 0 Å². The molecule has 0 bridgehead atoms. The second-order valence-electron chi connectivity index (χ2n) is 5.56. The molecule has 0 radical (unpaired) electrons. The van der Waals surface area contributed by atoms with Gasteiger partial charge >= 0.3 is 5.97 Å². The van der Waals surface area contributed by atoms with Crippen LogP contribution in [0.2, 0.25) is 0 Å². The largest absolute Gasteiger partial charge is 0.479 e.